The van der Waals surface area contributed by atoms with Crippen molar-refractivity contribution in [3.8, 4) is 0 Å². The number of nitrogens with zero attached hydrogens (tertiary/aromatic N) is 3. The summed E-state index contributed by atoms with van der Waals surface area (Å²) in [6, 6.07) is 3.18. The predicted octanol–water partition coefficient (Wildman–Crippen LogP) is 3.60. The summed E-state index contributed by atoms with van der Waals surface area (Å²) < 4.78 is 0. The number of pyridine rings is 1. The van der Waals surface area contributed by atoms with Gasteiger partial charge in [-0.05, 0) is 95.6 Å². The molecule has 0 spiro atoms. The molecule has 0 bridgehead atoms. The molecule has 3 N–H and O–H groups in total. The van der Waals surface area contributed by atoms with Crippen LogP contribution in [0.4, 0.5) is 10.6 Å². The summed E-state index contributed by atoms with van der Waals surface area (Å²) in [7, 11) is 0. The Morgan fingerprint density at radius 1 is 1.23 bits per heavy atom. The molecule has 1 aromatic heterocycles. The second-order valence-electron chi connectivity index (χ2n) is 10.5. The Morgan fingerprint density at radius 2 is 1.97 bits per heavy atom. The molecule has 194 valence electrons. The lowest BCUT2D eigenvalue weighted by Crippen LogP contribution is -2.56. The number of piperidine rings is 1. The number of rotatable bonds is 9. The average molecular weight is 489 g/mol. The lowest BCUT2D eigenvalue weighted by Gasteiger charge is -2.45. The normalized spacial score (nSPS) is 26.9. The van der Waals surface area contributed by atoms with E-state index in [1.807, 2.05) is 13.8 Å². The Kier molecular flexibility index (Phi) is 8.49. The molecular weight excluding hydrogens is 448 g/mol. The first kappa shape index (κ1) is 25.7. The maximum atomic E-state index is 13.1. The topological polar surface area (TPSA) is 115 Å². The highest BCUT2D eigenvalue weighted by atomic mass is 16.7. The third-order valence-corrected chi connectivity index (χ3v) is 7.91. The minimum Gasteiger partial charge on any atom is -0.480 e. The molecule has 0 aromatic carbocycles. The van der Waals surface area contributed by atoms with E-state index < -0.39 is 18.1 Å². The highest BCUT2D eigenvalue weighted by Gasteiger charge is 2.43. The van der Waals surface area contributed by atoms with Crippen LogP contribution in [0.15, 0.2) is 12.1 Å². The van der Waals surface area contributed by atoms with Gasteiger partial charge in [0.15, 0.2) is 0 Å². The number of carboxylic acids is 1. The Balaban J connectivity index is 1.36. The lowest BCUT2D eigenvalue weighted by molar-refractivity contribution is -0.209. The molecule has 1 saturated heterocycles. The molecule has 2 unspecified atom stereocenters. The van der Waals surface area contributed by atoms with E-state index in [0.717, 1.165) is 75.8 Å². The van der Waals surface area contributed by atoms with E-state index in [4.69, 9.17) is 9.82 Å². The molecule has 9 heteroatoms. The molecule has 1 aromatic rings. The molecule has 35 heavy (non-hydrogen) atoms. The van der Waals surface area contributed by atoms with E-state index >= 15 is 0 Å². The number of fused-ring (bicyclic) bond motifs is 1. The molecule has 3 atom stereocenters. The molecule has 3 aliphatic rings. The van der Waals surface area contributed by atoms with Crippen molar-refractivity contribution >= 4 is 17.9 Å². The van der Waals surface area contributed by atoms with Gasteiger partial charge in [-0.2, -0.15) is 0 Å². The van der Waals surface area contributed by atoms with Gasteiger partial charge in [0, 0.05) is 37.0 Å². The Labute approximate surface area is 207 Å². The van der Waals surface area contributed by atoms with Gasteiger partial charge in [0.1, 0.15) is 11.9 Å². The number of likely N-dealkylation sites (tertiary alicyclic amines) is 1. The van der Waals surface area contributed by atoms with Crippen molar-refractivity contribution in [2.75, 3.05) is 18.5 Å². The predicted molar refractivity (Wildman–Crippen MR) is 132 cm³/mol. The number of carboxylic acid groups (broad SMARTS) is 1. The van der Waals surface area contributed by atoms with Crippen molar-refractivity contribution in [3.05, 3.63) is 23.4 Å². The fourth-order valence-corrected chi connectivity index (χ4v) is 5.80. The zero-order chi connectivity index (χ0) is 24.9. The lowest BCUT2D eigenvalue weighted by atomic mass is 9.76. The fraction of sp³-hybridized carbons (Fsp3) is 0.731. The first-order valence-corrected chi connectivity index (χ1v) is 13.2. The van der Waals surface area contributed by atoms with Crippen LogP contribution in [0.25, 0.3) is 0 Å². The quantitative estimate of drug-likeness (QED) is 0.452. The van der Waals surface area contributed by atoms with Crippen molar-refractivity contribution in [2.45, 2.75) is 102 Å². The fourth-order valence-electron chi connectivity index (χ4n) is 5.80. The first-order valence-electron chi connectivity index (χ1n) is 13.2. The summed E-state index contributed by atoms with van der Waals surface area (Å²) in [4.78, 5) is 37.4. The number of aliphatic carboxylic acids is 1. The standard InChI is InChI=1S/C26H40N4O5/c1-17-5-3-6-18(2)29(17)26(34)35-30(23(12-14-31)25(32)33)22-15-19(16-22)8-10-21-11-9-20-7-4-13-27-24(20)28-21/h9,11,17-19,22-23,31H,3-8,10,12-16H2,1-2H3,(H,27,28)(H,32,33)/t17?,18?,19?,22?,23-/m0/s1. The monoisotopic (exact) mass is 488 g/mol. The number of hydrogen-bond acceptors (Lipinski definition) is 7. The number of aliphatic hydroxyl groups excluding tert-OH is 1. The van der Waals surface area contributed by atoms with Crippen LogP contribution in [0.2, 0.25) is 0 Å². The third-order valence-electron chi connectivity index (χ3n) is 7.91. The van der Waals surface area contributed by atoms with Gasteiger partial charge in [-0.15, -0.1) is 5.06 Å². The number of aryl methyl sites for hydroxylation is 2. The largest absolute Gasteiger partial charge is 0.480 e. The van der Waals surface area contributed by atoms with Gasteiger partial charge in [-0.3, -0.25) is 4.79 Å². The number of carbonyl (C=O) groups is 2. The second-order valence-corrected chi connectivity index (χ2v) is 10.5. The van der Waals surface area contributed by atoms with Crippen molar-refractivity contribution in [1.82, 2.24) is 14.9 Å². The summed E-state index contributed by atoms with van der Waals surface area (Å²) in [5.74, 6) is 0.344. The number of carbonyl (C=O) groups excluding carboxylic acids is 1. The Bertz CT molecular complexity index is 880. The molecular formula is C26H40N4O5. The maximum Gasteiger partial charge on any atom is 0.429 e. The van der Waals surface area contributed by atoms with Crippen LogP contribution in [0.1, 0.15) is 76.5 Å². The van der Waals surface area contributed by atoms with Crippen molar-refractivity contribution < 1.29 is 24.6 Å². The van der Waals surface area contributed by atoms with Gasteiger partial charge < -0.3 is 25.3 Å². The smallest absolute Gasteiger partial charge is 0.429 e. The van der Waals surface area contributed by atoms with Crippen LogP contribution in [0.3, 0.4) is 0 Å². The first-order chi connectivity index (χ1) is 16.9. The van der Waals surface area contributed by atoms with Crippen molar-refractivity contribution in [1.29, 1.82) is 0 Å². The molecule has 4 rings (SSSR count). The molecule has 1 saturated carbocycles. The van der Waals surface area contributed by atoms with E-state index in [2.05, 4.69) is 17.4 Å². The van der Waals surface area contributed by atoms with E-state index in [9.17, 15) is 19.8 Å². The number of amides is 1. The highest BCUT2D eigenvalue weighted by molar-refractivity contribution is 5.74. The van der Waals surface area contributed by atoms with E-state index in [1.165, 1.54) is 10.6 Å². The SMILES string of the molecule is CC1CCCC(C)N1C(=O)ON(C1CC(CCc2ccc3c(n2)NCCC3)C1)[C@@H](CCO)C(=O)O. The summed E-state index contributed by atoms with van der Waals surface area (Å²) in [5.41, 5.74) is 2.35. The molecule has 9 nitrogen and oxygen atoms in total. The van der Waals surface area contributed by atoms with Gasteiger partial charge >= 0.3 is 12.1 Å². The Hall–Kier alpha value is -2.39. The van der Waals surface area contributed by atoms with Crippen LogP contribution >= 0.6 is 0 Å². The van der Waals surface area contributed by atoms with Crippen molar-refractivity contribution in [2.24, 2.45) is 5.92 Å². The van der Waals surface area contributed by atoms with Crippen LogP contribution in [-0.2, 0) is 22.5 Å². The number of nitrogens with one attached hydrogen (secondary N) is 1. The van der Waals surface area contributed by atoms with Gasteiger partial charge in [0.05, 0.1) is 0 Å². The average Bonchev–Trinajstić information content (AvgIpc) is 2.80. The molecule has 3 heterocycles. The second kappa shape index (κ2) is 11.6. The van der Waals surface area contributed by atoms with E-state index in [1.54, 1.807) is 4.90 Å². The summed E-state index contributed by atoms with van der Waals surface area (Å²) in [5, 5.41) is 24.0. The van der Waals surface area contributed by atoms with Crippen LogP contribution < -0.4 is 5.32 Å². The number of aliphatic hydroxyl groups is 1. The van der Waals surface area contributed by atoms with Crippen LogP contribution in [0.5, 0.6) is 0 Å². The van der Waals surface area contributed by atoms with Gasteiger partial charge in [0.25, 0.3) is 0 Å². The number of hydrogen-bond donors (Lipinski definition) is 3. The number of anilines is 1. The molecule has 2 fully saturated rings. The summed E-state index contributed by atoms with van der Waals surface area (Å²) in [6.45, 7) is 4.70. The van der Waals surface area contributed by atoms with Gasteiger partial charge in [-0.25, -0.2) is 9.78 Å². The zero-order valence-corrected chi connectivity index (χ0v) is 21.0. The van der Waals surface area contributed by atoms with Gasteiger partial charge in [0.2, 0.25) is 0 Å². The third kappa shape index (κ3) is 6.06. The molecule has 1 aliphatic carbocycles. The molecule has 0 radical (unpaired) electrons. The summed E-state index contributed by atoms with van der Waals surface area (Å²) >= 11 is 0. The van der Waals surface area contributed by atoms with E-state index in [-0.39, 0.29) is 31.2 Å². The molecule has 2 aliphatic heterocycles. The minimum atomic E-state index is -1.08. The van der Waals surface area contributed by atoms with E-state index in [0.29, 0.717) is 5.92 Å². The zero-order valence-electron chi connectivity index (χ0n) is 21.0. The number of hydroxylamine groups is 2. The minimum absolute atomic E-state index is 0.0148. The highest BCUT2D eigenvalue weighted by Crippen LogP contribution is 2.37. The van der Waals surface area contributed by atoms with Gasteiger partial charge in [-0.1, -0.05) is 6.07 Å². The molecule has 1 amide bonds. The van der Waals surface area contributed by atoms with Crippen molar-refractivity contribution in [3.63, 3.8) is 0 Å². The Morgan fingerprint density at radius 3 is 2.66 bits per heavy atom. The summed E-state index contributed by atoms with van der Waals surface area (Å²) in [6.07, 6.45) is 7.99. The van der Waals surface area contributed by atoms with Crippen LogP contribution in [0, 0.1) is 5.92 Å². The maximum absolute atomic E-state index is 13.1. The van der Waals surface area contributed by atoms with Crippen LogP contribution in [-0.4, -0.2) is 74.5 Å². The number of aromatic nitrogens is 1.